The summed E-state index contributed by atoms with van der Waals surface area (Å²) in [4.78, 5) is 29.1. The molecule has 144 valence electrons. The Kier molecular flexibility index (Phi) is 5.54. The molecule has 2 aromatic carbocycles. The monoisotopic (exact) mass is 378 g/mol. The zero-order valence-corrected chi connectivity index (χ0v) is 16.3. The number of anilines is 1. The predicted octanol–water partition coefficient (Wildman–Crippen LogP) is 3.13. The number of hydrogen-bond donors (Lipinski definition) is 1. The summed E-state index contributed by atoms with van der Waals surface area (Å²) in [5.74, 6) is 0.379. The van der Waals surface area contributed by atoms with Crippen LogP contribution in [0.5, 0.6) is 5.75 Å². The average Bonchev–Trinajstić information content (AvgIpc) is 2.70. The van der Waals surface area contributed by atoms with Gasteiger partial charge in [0.05, 0.1) is 19.0 Å². The number of benzene rings is 2. The van der Waals surface area contributed by atoms with Crippen molar-refractivity contribution in [2.24, 2.45) is 0 Å². The SMILES string of the molecule is COc1ccc(-c2cnn([C@@H](C)C(=O)Nc3cc(C)ccc3C)c(=O)n2)cc1. The van der Waals surface area contributed by atoms with E-state index in [2.05, 4.69) is 15.4 Å². The van der Waals surface area contributed by atoms with Crippen LogP contribution in [0.3, 0.4) is 0 Å². The van der Waals surface area contributed by atoms with E-state index in [-0.39, 0.29) is 5.91 Å². The maximum absolute atomic E-state index is 12.6. The van der Waals surface area contributed by atoms with Gasteiger partial charge < -0.3 is 10.1 Å². The van der Waals surface area contributed by atoms with Crippen molar-refractivity contribution in [2.45, 2.75) is 26.8 Å². The van der Waals surface area contributed by atoms with Crippen molar-refractivity contribution in [2.75, 3.05) is 12.4 Å². The molecule has 0 aliphatic heterocycles. The first kappa shape index (κ1) is 19.3. The fourth-order valence-corrected chi connectivity index (χ4v) is 2.73. The number of carbonyl (C=O) groups is 1. The van der Waals surface area contributed by atoms with E-state index >= 15 is 0 Å². The molecule has 1 aromatic heterocycles. The van der Waals surface area contributed by atoms with Gasteiger partial charge in [0, 0.05) is 11.3 Å². The van der Waals surface area contributed by atoms with Crippen molar-refractivity contribution in [3.63, 3.8) is 0 Å². The summed E-state index contributed by atoms with van der Waals surface area (Å²) in [6.45, 7) is 5.48. The van der Waals surface area contributed by atoms with Gasteiger partial charge in [0.15, 0.2) is 0 Å². The Balaban J connectivity index is 1.81. The summed E-state index contributed by atoms with van der Waals surface area (Å²) in [6.07, 6.45) is 1.48. The molecule has 28 heavy (non-hydrogen) atoms. The second-order valence-corrected chi connectivity index (χ2v) is 6.58. The third-order valence-corrected chi connectivity index (χ3v) is 4.50. The van der Waals surface area contributed by atoms with Gasteiger partial charge in [-0.15, -0.1) is 0 Å². The Labute approximate surface area is 163 Å². The van der Waals surface area contributed by atoms with Gasteiger partial charge in [-0.3, -0.25) is 4.79 Å². The van der Waals surface area contributed by atoms with Gasteiger partial charge in [0.1, 0.15) is 11.8 Å². The lowest BCUT2D eigenvalue weighted by molar-refractivity contribution is -0.119. The quantitative estimate of drug-likeness (QED) is 0.737. The molecule has 1 amide bonds. The summed E-state index contributed by atoms with van der Waals surface area (Å²) < 4.78 is 6.20. The molecule has 3 aromatic rings. The number of aromatic nitrogens is 3. The van der Waals surface area contributed by atoms with E-state index in [4.69, 9.17) is 4.74 Å². The summed E-state index contributed by atoms with van der Waals surface area (Å²) in [7, 11) is 1.58. The van der Waals surface area contributed by atoms with Crippen LogP contribution in [-0.4, -0.2) is 27.8 Å². The number of nitrogens with one attached hydrogen (secondary N) is 1. The molecule has 0 saturated carbocycles. The molecule has 1 atom stereocenters. The molecule has 0 fully saturated rings. The van der Waals surface area contributed by atoms with Gasteiger partial charge in [-0.1, -0.05) is 12.1 Å². The fourth-order valence-electron chi connectivity index (χ4n) is 2.73. The Morgan fingerprint density at radius 1 is 1.14 bits per heavy atom. The lowest BCUT2D eigenvalue weighted by Gasteiger charge is -2.15. The topological polar surface area (TPSA) is 86.1 Å². The van der Waals surface area contributed by atoms with Gasteiger partial charge >= 0.3 is 5.69 Å². The molecule has 0 spiro atoms. The van der Waals surface area contributed by atoms with Gasteiger partial charge in [-0.05, 0) is 62.2 Å². The standard InChI is InChI=1S/C21H22N4O3/c1-13-5-6-14(2)18(11-13)23-20(26)15(3)25-21(27)24-19(12-22-25)16-7-9-17(28-4)10-8-16/h5-12,15H,1-4H3,(H,23,26)/t15-/m0/s1. The molecule has 1 heterocycles. The van der Waals surface area contributed by atoms with Crippen LogP contribution < -0.4 is 15.7 Å². The van der Waals surface area contributed by atoms with Crippen molar-refractivity contribution in [1.82, 2.24) is 14.8 Å². The minimum absolute atomic E-state index is 0.331. The summed E-state index contributed by atoms with van der Waals surface area (Å²) in [5.41, 5.74) is 3.29. The minimum Gasteiger partial charge on any atom is -0.497 e. The lowest BCUT2D eigenvalue weighted by Crippen LogP contribution is -2.35. The third-order valence-electron chi connectivity index (χ3n) is 4.50. The molecule has 7 nitrogen and oxygen atoms in total. The van der Waals surface area contributed by atoms with Crippen LogP contribution in [0, 0.1) is 13.8 Å². The Morgan fingerprint density at radius 2 is 1.86 bits per heavy atom. The number of methoxy groups -OCH3 is 1. The van der Waals surface area contributed by atoms with E-state index in [0.717, 1.165) is 21.4 Å². The number of aryl methyl sites for hydroxylation is 2. The highest BCUT2D eigenvalue weighted by Crippen LogP contribution is 2.20. The number of nitrogens with zero attached hydrogens (tertiary/aromatic N) is 3. The highest BCUT2D eigenvalue weighted by molar-refractivity contribution is 5.94. The molecule has 0 aliphatic rings. The van der Waals surface area contributed by atoms with Crippen molar-refractivity contribution >= 4 is 11.6 Å². The van der Waals surface area contributed by atoms with E-state index in [1.807, 2.05) is 32.0 Å². The van der Waals surface area contributed by atoms with E-state index < -0.39 is 11.7 Å². The van der Waals surface area contributed by atoms with Crippen LogP contribution in [0.25, 0.3) is 11.3 Å². The third kappa shape index (κ3) is 4.09. The molecule has 0 saturated heterocycles. The zero-order valence-electron chi connectivity index (χ0n) is 16.3. The Hall–Kier alpha value is -3.48. The summed E-state index contributed by atoms with van der Waals surface area (Å²) in [5, 5.41) is 7.00. The summed E-state index contributed by atoms with van der Waals surface area (Å²) in [6, 6.07) is 12.2. The largest absolute Gasteiger partial charge is 0.497 e. The molecule has 7 heteroatoms. The average molecular weight is 378 g/mol. The van der Waals surface area contributed by atoms with E-state index in [9.17, 15) is 9.59 Å². The molecule has 0 unspecified atom stereocenters. The van der Waals surface area contributed by atoms with Crippen LogP contribution in [0.4, 0.5) is 5.69 Å². The van der Waals surface area contributed by atoms with Crippen molar-refractivity contribution in [1.29, 1.82) is 0 Å². The van der Waals surface area contributed by atoms with E-state index in [1.54, 1.807) is 38.3 Å². The van der Waals surface area contributed by atoms with Gasteiger partial charge in [0.25, 0.3) is 0 Å². The molecule has 0 aliphatic carbocycles. The van der Waals surface area contributed by atoms with Crippen LogP contribution in [0.1, 0.15) is 24.1 Å². The van der Waals surface area contributed by atoms with E-state index in [1.165, 1.54) is 6.20 Å². The fraction of sp³-hybridized carbons (Fsp3) is 0.238. The Bertz CT molecular complexity index is 1060. The molecular formula is C21H22N4O3. The normalized spacial score (nSPS) is 11.7. The van der Waals surface area contributed by atoms with Crippen molar-refractivity contribution in [3.8, 4) is 17.0 Å². The second kappa shape index (κ2) is 8.04. The van der Waals surface area contributed by atoms with Crippen LogP contribution in [0.2, 0.25) is 0 Å². The smallest absolute Gasteiger partial charge is 0.365 e. The van der Waals surface area contributed by atoms with Crippen molar-refractivity contribution in [3.05, 3.63) is 70.3 Å². The maximum atomic E-state index is 12.6. The van der Waals surface area contributed by atoms with Gasteiger partial charge in [0.2, 0.25) is 5.91 Å². The number of ether oxygens (including phenoxy) is 1. The second-order valence-electron chi connectivity index (χ2n) is 6.58. The highest BCUT2D eigenvalue weighted by atomic mass is 16.5. The van der Waals surface area contributed by atoms with Crippen LogP contribution in [-0.2, 0) is 4.79 Å². The van der Waals surface area contributed by atoms with E-state index in [0.29, 0.717) is 17.1 Å². The first-order chi connectivity index (χ1) is 13.4. The molecular weight excluding hydrogens is 356 g/mol. The number of amides is 1. The zero-order chi connectivity index (χ0) is 20.3. The number of rotatable bonds is 5. The Morgan fingerprint density at radius 3 is 2.50 bits per heavy atom. The van der Waals surface area contributed by atoms with Crippen LogP contribution >= 0.6 is 0 Å². The van der Waals surface area contributed by atoms with Crippen LogP contribution in [0.15, 0.2) is 53.5 Å². The molecule has 1 N–H and O–H groups in total. The molecule has 0 radical (unpaired) electrons. The number of carbonyl (C=O) groups excluding carboxylic acids is 1. The number of hydrogen-bond acceptors (Lipinski definition) is 5. The molecule has 0 bridgehead atoms. The maximum Gasteiger partial charge on any atom is 0.365 e. The molecule has 3 rings (SSSR count). The highest BCUT2D eigenvalue weighted by Gasteiger charge is 2.19. The van der Waals surface area contributed by atoms with Gasteiger partial charge in [-0.25, -0.2) is 9.48 Å². The van der Waals surface area contributed by atoms with Crippen molar-refractivity contribution < 1.29 is 9.53 Å². The first-order valence-electron chi connectivity index (χ1n) is 8.87. The minimum atomic E-state index is -0.801. The first-order valence-corrected chi connectivity index (χ1v) is 8.87. The summed E-state index contributed by atoms with van der Waals surface area (Å²) >= 11 is 0. The van der Waals surface area contributed by atoms with Gasteiger partial charge in [-0.2, -0.15) is 10.1 Å². The predicted molar refractivity (Wildman–Crippen MR) is 108 cm³/mol. The lowest BCUT2D eigenvalue weighted by atomic mass is 10.1.